The van der Waals surface area contributed by atoms with E-state index in [2.05, 4.69) is 0 Å². The molecule has 0 saturated heterocycles. The highest BCUT2D eigenvalue weighted by atomic mass is 35.5. The van der Waals surface area contributed by atoms with Crippen LogP contribution in [-0.4, -0.2) is 17.2 Å². The van der Waals surface area contributed by atoms with Gasteiger partial charge in [0.05, 0.1) is 0 Å². The molecule has 7 heteroatoms. The molecule has 1 atom stereocenters. The quantitative estimate of drug-likeness (QED) is 0.530. The summed E-state index contributed by atoms with van der Waals surface area (Å²) < 4.78 is 16.2. The number of carbonyl (C=O) groups excluding carboxylic acids is 1. The van der Waals surface area contributed by atoms with E-state index < -0.39 is 17.7 Å². The molecule has 1 aliphatic heterocycles. The van der Waals surface area contributed by atoms with Gasteiger partial charge < -0.3 is 19.0 Å². The first-order valence-electron chi connectivity index (χ1n) is 8.85. The lowest BCUT2D eigenvalue weighted by molar-refractivity contribution is -0.152. The topological polar surface area (TPSA) is 86.0 Å². The number of hydrogen-bond donors (Lipinski definition) is 1. The van der Waals surface area contributed by atoms with Crippen LogP contribution in [0.4, 0.5) is 0 Å². The van der Waals surface area contributed by atoms with Gasteiger partial charge in [0.15, 0.2) is 6.10 Å². The molecular formula is C21H17ClO6. The highest BCUT2D eigenvalue weighted by molar-refractivity contribution is 6.30. The summed E-state index contributed by atoms with van der Waals surface area (Å²) in [5.74, 6) is 0.145. The minimum atomic E-state index is -0.755. The zero-order chi connectivity index (χ0) is 19.8. The number of ether oxygens (including phenoxy) is 2. The minimum absolute atomic E-state index is 0.0584. The van der Waals surface area contributed by atoms with Crippen LogP contribution in [0, 0.1) is 0 Å². The van der Waals surface area contributed by atoms with Crippen molar-refractivity contribution in [2.45, 2.75) is 32.5 Å². The van der Waals surface area contributed by atoms with Crippen LogP contribution in [0.5, 0.6) is 11.5 Å². The van der Waals surface area contributed by atoms with Crippen molar-refractivity contribution in [1.82, 2.24) is 0 Å². The second-order valence-corrected chi connectivity index (χ2v) is 7.03. The molecule has 28 heavy (non-hydrogen) atoms. The zero-order valence-electron chi connectivity index (χ0n) is 15.0. The molecular weight excluding hydrogens is 384 g/mol. The van der Waals surface area contributed by atoms with Crippen molar-refractivity contribution >= 4 is 28.5 Å². The van der Waals surface area contributed by atoms with Gasteiger partial charge in [-0.1, -0.05) is 18.5 Å². The van der Waals surface area contributed by atoms with Crippen molar-refractivity contribution in [2.24, 2.45) is 0 Å². The fraction of sp³-hybridized carbons (Fsp3) is 0.238. The number of halogens is 1. The third-order valence-corrected chi connectivity index (χ3v) is 4.98. The maximum Gasteiger partial charge on any atom is 0.348 e. The number of aryl methyl sites for hydroxylation is 1. The van der Waals surface area contributed by atoms with Crippen molar-refractivity contribution < 1.29 is 23.8 Å². The van der Waals surface area contributed by atoms with E-state index in [-0.39, 0.29) is 17.9 Å². The van der Waals surface area contributed by atoms with Gasteiger partial charge in [0, 0.05) is 34.5 Å². The molecule has 0 bridgehead atoms. The molecule has 1 aromatic heterocycles. The van der Waals surface area contributed by atoms with Crippen molar-refractivity contribution in [3.63, 3.8) is 0 Å². The third kappa shape index (κ3) is 3.43. The second-order valence-electron chi connectivity index (χ2n) is 6.59. The van der Waals surface area contributed by atoms with Gasteiger partial charge in [0.25, 0.3) is 0 Å². The molecule has 0 spiro atoms. The lowest BCUT2D eigenvalue weighted by atomic mass is 10.0. The molecule has 0 unspecified atom stereocenters. The van der Waals surface area contributed by atoms with Gasteiger partial charge in [-0.05, 0) is 41.8 Å². The Morgan fingerprint density at radius 2 is 2.07 bits per heavy atom. The molecule has 1 aliphatic rings. The van der Waals surface area contributed by atoms with Gasteiger partial charge in [-0.3, -0.25) is 0 Å². The van der Waals surface area contributed by atoms with Gasteiger partial charge in [-0.25, -0.2) is 9.59 Å². The number of rotatable bonds is 4. The lowest BCUT2D eigenvalue weighted by Gasteiger charge is -2.12. The maximum atomic E-state index is 12.4. The van der Waals surface area contributed by atoms with Crippen molar-refractivity contribution in [1.29, 1.82) is 0 Å². The van der Waals surface area contributed by atoms with Gasteiger partial charge >= 0.3 is 11.6 Å². The van der Waals surface area contributed by atoms with Crippen molar-refractivity contribution in [3.8, 4) is 11.5 Å². The second kappa shape index (κ2) is 7.20. The monoisotopic (exact) mass is 400 g/mol. The van der Waals surface area contributed by atoms with Gasteiger partial charge in [-0.15, -0.1) is 0 Å². The summed E-state index contributed by atoms with van der Waals surface area (Å²) in [6.45, 7) is 1.80. The van der Waals surface area contributed by atoms with E-state index in [1.54, 1.807) is 24.3 Å². The van der Waals surface area contributed by atoms with Crippen LogP contribution in [0.2, 0.25) is 5.02 Å². The van der Waals surface area contributed by atoms with Crippen molar-refractivity contribution in [2.75, 3.05) is 0 Å². The fourth-order valence-electron chi connectivity index (χ4n) is 3.30. The van der Waals surface area contributed by atoms with Gasteiger partial charge in [0.1, 0.15) is 23.7 Å². The molecule has 144 valence electrons. The number of aromatic hydroxyl groups is 1. The first kappa shape index (κ1) is 18.4. The van der Waals surface area contributed by atoms with Crippen LogP contribution >= 0.6 is 11.6 Å². The van der Waals surface area contributed by atoms with Crippen molar-refractivity contribution in [3.05, 3.63) is 68.5 Å². The van der Waals surface area contributed by atoms with E-state index in [4.69, 9.17) is 25.5 Å². The van der Waals surface area contributed by atoms with Gasteiger partial charge in [-0.2, -0.15) is 0 Å². The van der Waals surface area contributed by atoms with Crippen LogP contribution in [0.25, 0.3) is 11.0 Å². The molecule has 4 rings (SSSR count). The molecule has 6 nitrogen and oxygen atoms in total. The Morgan fingerprint density at radius 3 is 2.86 bits per heavy atom. The summed E-state index contributed by atoms with van der Waals surface area (Å²) in [5, 5.41) is 11.2. The van der Waals surface area contributed by atoms with Crippen LogP contribution in [0.1, 0.15) is 23.6 Å². The molecule has 0 amide bonds. The van der Waals surface area contributed by atoms with E-state index in [0.29, 0.717) is 40.1 Å². The molecule has 2 aromatic carbocycles. The fourth-order valence-corrected chi connectivity index (χ4v) is 3.49. The standard InChI is InChI=1S/C21H17ClO6/c1-2-11-6-15-13(8-20(24)28-18(15)9-16(11)23)10-26-21(25)19-7-12-5-14(22)3-4-17(12)27-19/h3-6,8-9,19,23H,2,7,10H2,1H3/t19-/m1/s1. The first-order valence-corrected chi connectivity index (χ1v) is 9.22. The Kier molecular flexibility index (Phi) is 4.73. The highest BCUT2D eigenvalue weighted by Gasteiger charge is 2.30. The van der Waals surface area contributed by atoms with Crippen LogP contribution in [0.15, 0.2) is 45.6 Å². The largest absolute Gasteiger partial charge is 0.508 e. The Labute approximate surface area is 165 Å². The number of esters is 1. The van der Waals surface area contributed by atoms with Gasteiger partial charge in [0.2, 0.25) is 0 Å². The zero-order valence-corrected chi connectivity index (χ0v) is 15.8. The average molecular weight is 401 g/mol. The number of benzene rings is 2. The summed E-state index contributed by atoms with van der Waals surface area (Å²) >= 11 is 5.97. The molecule has 0 radical (unpaired) electrons. The number of phenols is 1. The van der Waals surface area contributed by atoms with Crippen LogP contribution < -0.4 is 10.4 Å². The maximum absolute atomic E-state index is 12.4. The highest BCUT2D eigenvalue weighted by Crippen LogP contribution is 2.32. The molecule has 0 saturated carbocycles. The van der Waals surface area contributed by atoms with E-state index in [1.807, 2.05) is 6.92 Å². The molecule has 2 heterocycles. The average Bonchev–Trinajstić information content (AvgIpc) is 3.08. The Balaban J connectivity index is 1.54. The van der Waals surface area contributed by atoms with Crippen LogP contribution in [-0.2, 0) is 29.0 Å². The summed E-state index contributed by atoms with van der Waals surface area (Å²) in [7, 11) is 0. The molecule has 1 N–H and O–H groups in total. The predicted molar refractivity (Wildman–Crippen MR) is 103 cm³/mol. The summed E-state index contributed by atoms with van der Waals surface area (Å²) in [6.07, 6.45) is 0.229. The van der Waals surface area contributed by atoms with E-state index in [9.17, 15) is 14.7 Å². The summed E-state index contributed by atoms with van der Waals surface area (Å²) in [6, 6.07) is 9.61. The smallest absolute Gasteiger partial charge is 0.348 e. The SMILES string of the molecule is CCc1cc2c(COC(=O)[C@H]3Cc4cc(Cl)ccc4O3)cc(=O)oc2cc1O. The van der Waals surface area contributed by atoms with E-state index in [1.165, 1.54) is 12.1 Å². The lowest BCUT2D eigenvalue weighted by Crippen LogP contribution is -2.27. The predicted octanol–water partition coefficient (Wildman–Crippen LogP) is 3.76. The number of phenolic OH excluding ortho intramolecular Hbond substituents is 1. The Hall–Kier alpha value is -2.99. The summed E-state index contributed by atoms with van der Waals surface area (Å²) in [5.41, 5.74) is 1.73. The van der Waals surface area contributed by atoms with E-state index in [0.717, 1.165) is 5.56 Å². The number of hydrogen-bond acceptors (Lipinski definition) is 6. The first-order chi connectivity index (χ1) is 13.4. The Bertz CT molecular complexity index is 1130. The third-order valence-electron chi connectivity index (χ3n) is 4.74. The normalized spacial score (nSPS) is 15.3. The molecule has 0 aliphatic carbocycles. The van der Waals surface area contributed by atoms with E-state index >= 15 is 0 Å². The molecule has 3 aromatic rings. The number of fused-ring (bicyclic) bond motifs is 2. The minimum Gasteiger partial charge on any atom is -0.508 e. The summed E-state index contributed by atoms with van der Waals surface area (Å²) in [4.78, 5) is 24.3. The number of carbonyl (C=O) groups is 1. The van der Waals surface area contributed by atoms with Crippen LogP contribution in [0.3, 0.4) is 0 Å². The Morgan fingerprint density at radius 1 is 1.25 bits per heavy atom. The molecule has 0 fully saturated rings.